The molecule has 0 unspecified atom stereocenters. The van der Waals surface area contributed by atoms with E-state index in [-0.39, 0.29) is 5.88 Å². The highest BCUT2D eigenvalue weighted by atomic mass is 35.5. The Kier molecular flexibility index (Phi) is 5.28. The molecule has 0 spiro atoms. The van der Waals surface area contributed by atoms with Crippen LogP contribution >= 0.6 is 11.6 Å². The summed E-state index contributed by atoms with van der Waals surface area (Å²) >= 11 is 6.05. The molecule has 112 valence electrons. The molecule has 0 radical (unpaired) electrons. The first kappa shape index (κ1) is 15.4. The first-order valence-electron chi connectivity index (χ1n) is 7.05. The summed E-state index contributed by atoms with van der Waals surface area (Å²) in [5.74, 6) is -0.108. The van der Waals surface area contributed by atoms with E-state index in [1.807, 2.05) is 24.3 Å². The van der Waals surface area contributed by atoms with Crippen molar-refractivity contribution in [2.45, 2.75) is 32.6 Å². The maximum Gasteiger partial charge on any atom is 0.325 e. The number of benzene rings is 1. The van der Waals surface area contributed by atoms with Crippen molar-refractivity contribution in [2.75, 3.05) is 0 Å². The molecule has 2 rings (SSSR count). The summed E-state index contributed by atoms with van der Waals surface area (Å²) in [4.78, 5) is 16.2. The van der Waals surface area contributed by atoms with Crippen LogP contribution in [0.15, 0.2) is 35.1 Å². The van der Waals surface area contributed by atoms with Gasteiger partial charge >= 0.3 is 5.69 Å². The molecule has 0 saturated carbocycles. The minimum absolute atomic E-state index is 0.108. The van der Waals surface area contributed by atoms with Crippen molar-refractivity contribution in [1.29, 1.82) is 0 Å². The van der Waals surface area contributed by atoms with E-state index in [0.717, 1.165) is 30.4 Å². The van der Waals surface area contributed by atoms with E-state index in [1.165, 1.54) is 0 Å². The number of hydrogen-bond donors (Lipinski definition) is 3. The fourth-order valence-electron chi connectivity index (χ4n) is 2.19. The van der Waals surface area contributed by atoms with Gasteiger partial charge < -0.3 is 10.1 Å². The number of imidazole rings is 1. The monoisotopic (exact) mass is 306 g/mol. The summed E-state index contributed by atoms with van der Waals surface area (Å²) in [6.07, 6.45) is 5.76. The molecule has 1 heterocycles. The summed E-state index contributed by atoms with van der Waals surface area (Å²) in [5.41, 5.74) is 2.13. The zero-order valence-electron chi connectivity index (χ0n) is 11.9. The molecule has 0 amide bonds. The number of H-pyrrole nitrogens is 2. The Morgan fingerprint density at radius 3 is 2.81 bits per heavy atom. The Labute approximate surface area is 128 Å². The number of hydrogen-bond acceptors (Lipinski definition) is 2. The molecule has 0 atom stereocenters. The van der Waals surface area contributed by atoms with Crippen LogP contribution in [-0.2, 0) is 6.42 Å². The second kappa shape index (κ2) is 7.18. The molecular weight excluding hydrogens is 288 g/mol. The Hall–Kier alpha value is -1.94. The molecule has 2 aromatic rings. The first-order valence-corrected chi connectivity index (χ1v) is 7.43. The van der Waals surface area contributed by atoms with Crippen molar-refractivity contribution < 1.29 is 5.11 Å². The largest absolute Gasteiger partial charge is 0.493 e. The molecule has 4 nitrogen and oxygen atoms in total. The lowest BCUT2D eigenvalue weighted by atomic mass is 9.99. The van der Waals surface area contributed by atoms with E-state index in [4.69, 9.17) is 11.6 Å². The third-order valence-corrected chi connectivity index (χ3v) is 3.53. The van der Waals surface area contributed by atoms with E-state index >= 15 is 0 Å². The molecule has 0 aliphatic carbocycles. The van der Waals surface area contributed by atoms with Crippen molar-refractivity contribution in [3.63, 3.8) is 0 Å². The van der Waals surface area contributed by atoms with Gasteiger partial charge in [0, 0.05) is 11.4 Å². The van der Waals surface area contributed by atoms with Gasteiger partial charge in [0.15, 0.2) is 0 Å². The molecule has 1 aromatic heterocycles. The molecule has 3 N–H and O–H groups in total. The Bertz CT molecular complexity index is 686. The van der Waals surface area contributed by atoms with Crippen LogP contribution in [0, 0.1) is 0 Å². The van der Waals surface area contributed by atoms with Crippen molar-refractivity contribution in [1.82, 2.24) is 9.97 Å². The van der Waals surface area contributed by atoms with Crippen LogP contribution in [0.4, 0.5) is 0 Å². The van der Waals surface area contributed by atoms with E-state index in [1.54, 1.807) is 0 Å². The number of unbranched alkanes of at least 4 members (excludes halogenated alkanes) is 2. The normalized spacial score (nSPS) is 11.8. The van der Waals surface area contributed by atoms with Gasteiger partial charge in [0.25, 0.3) is 0 Å². The summed E-state index contributed by atoms with van der Waals surface area (Å²) < 4.78 is 0. The quantitative estimate of drug-likeness (QED) is 0.709. The third kappa shape index (κ3) is 4.26. The highest BCUT2D eigenvalue weighted by Crippen LogP contribution is 2.25. The van der Waals surface area contributed by atoms with Gasteiger partial charge in [-0.15, -0.1) is 0 Å². The minimum atomic E-state index is -0.401. The Balaban J connectivity index is 2.30. The van der Waals surface area contributed by atoms with Crippen LogP contribution in [0.2, 0.25) is 5.02 Å². The number of aromatic hydroxyl groups is 1. The second-order valence-electron chi connectivity index (χ2n) is 4.96. The molecule has 0 aliphatic heterocycles. The van der Waals surface area contributed by atoms with E-state index in [0.29, 0.717) is 17.1 Å². The SMILES string of the molecule is CCCCC=C(Cc1[nH]c(=O)[nH]c1O)c1cccc(Cl)c1. The highest BCUT2D eigenvalue weighted by molar-refractivity contribution is 6.30. The number of aromatic nitrogens is 2. The van der Waals surface area contributed by atoms with E-state index in [9.17, 15) is 9.90 Å². The number of rotatable bonds is 6. The fourth-order valence-corrected chi connectivity index (χ4v) is 2.38. The van der Waals surface area contributed by atoms with Crippen LogP contribution < -0.4 is 5.69 Å². The van der Waals surface area contributed by atoms with Crippen molar-refractivity contribution in [3.8, 4) is 5.88 Å². The van der Waals surface area contributed by atoms with Gasteiger partial charge in [-0.25, -0.2) is 4.79 Å². The fraction of sp³-hybridized carbons (Fsp3) is 0.312. The zero-order chi connectivity index (χ0) is 15.2. The number of aromatic amines is 2. The van der Waals surface area contributed by atoms with Crippen molar-refractivity contribution >= 4 is 17.2 Å². The zero-order valence-corrected chi connectivity index (χ0v) is 12.7. The van der Waals surface area contributed by atoms with Gasteiger partial charge in [0.05, 0.1) is 5.69 Å². The van der Waals surface area contributed by atoms with Crippen molar-refractivity contribution in [2.24, 2.45) is 0 Å². The molecule has 5 heteroatoms. The lowest BCUT2D eigenvalue weighted by Gasteiger charge is -2.08. The third-order valence-electron chi connectivity index (χ3n) is 3.29. The van der Waals surface area contributed by atoms with Crippen LogP contribution in [0.1, 0.15) is 37.4 Å². The van der Waals surface area contributed by atoms with Crippen LogP contribution in [-0.4, -0.2) is 15.1 Å². The minimum Gasteiger partial charge on any atom is -0.493 e. The molecule has 0 fully saturated rings. The summed E-state index contributed by atoms with van der Waals surface area (Å²) in [7, 11) is 0. The van der Waals surface area contributed by atoms with Gasteiger partial charge in [0.2, 0.25) is 5.88 Å². The molecular formula is C16H19ClN2O2. The van der Waals surface area contributed by atoms with Crippen LogP contribution in [0.25, 0.3) is 5.57 Å². The van der Waals surface area contributed by atoms with Gasteiger partial charge in [-0.1, -0.05) is 49.6 Å². The lowest BCUT2D eigenvalue weighted by molar-refractivity contribution is 0.450. The van der Waals surface area contributed by atoms with Gasteiger partial charge in [0.1, 0.15) is 0 Å². The second-order valence-corrected chi connectivity index (χ2v) is 5.40. The van der Waals surface area contributed by atoms with E-state index < -0.39 is 5.69 Å². The standard InChI is InChI=1S/C16H19ClN2O2/c1-2-3-4-6-12(11-7-5-8-13(17)9-11)10-14-15(20)19-16(21)18-14/h5-9,20H,2-4,10H2,1H3,(H2,18,19,21). The predicted molar refractivity (Wildman–Crippen MR) is 85.7 cm³/mol. The van der Waals surface area contributed by atoms with Gasteiger partial charge in [-0.05, 0) is 29.7 Å². The van der Waals surface area contributed by atoms with E-state index in [2.05, 4.69) is 23.0 Å². The smallest absolute Gasteiger partial charge is 0.325 e. The average molecular weight is 307 g/mol. The number of nitrogens with one attached hydrogen (secondary N) is 2. The van der Waals surface area contributed by atoms with Crippen molar-refractivity contribution in [3.05, 3.63) is 57.1 Å². The maximum atomic E-state index is 11.2. The molecule has 21 heavy (non-hydrogen) atoms. The average Bonchev–Trinajstić information content (AvgIpc) is 2.76. The topological polar surface area (TPSA) is 68.9 Å². The Morgan fingerprint density at radius 2 is 2.19 bits per heavy atom. The first-order chi connectivity index (χ1) is 10.1. The summed E-state index contributed by atoms with van der Waals surface area (Å²) in [6, 6.07) is 7.59. The number of allylic oxidation sites excluding steroid dienone is 2. The number of halogens is 1. The van der Waals surface area contributed by atoms with Crippen LogP contribution in [0.5, 0.6) is 5.88 Å². The van der Waals surface area contributed by atoms with Gasteiger partial charge in [-0.2, -0.15) is 0 Å². The maximum absolute atomic E-state index is 11.2. The molecule has 0 aliphatic rings. The highest BCUT2D eigenvalue weighted by Gasteiger charge is 2.10. The predicted octanol–water partition coefficient (Wildman–Crippen LogP) is 3.88. The van der Waals surface area contributed by atoms with Crippen LogP contribution in [0.3, 0.4) is 0 Å². The summed E-state index contributed by atoms with van der Waals surface area (Å²) in [6.45, 7) is 2.14. The summed E-state index contributed by atoms with van der Waals surface area (Å²) in [5, 5.41) is 10.4. The van der Waals surface area contributed by atoms with Gasteiger partial charge in [-0.3, -0.25) is 4.98 Å². The lowest BCUT2D eigenvalue weighted by Crippen LogP contribution is -2.01. The molecule has 0 bridgehead atoms. The Morgan fingerprint density at radius 1 is 1.38 bits per heavy atom. The molecule has 1 aromatic carbocycles. The molecule has 0 saturated heterocycles.